The van der Waals surface area contributed by atoms with Gasteiger partial charge in [0, 0.05) is 11.6 Å². The molecule has 0 spiro atoms. The van der Waals surface area contributed by atoms with Crippen LogP contribution in [0.4, 0.5) is 0 Å². The fraction of sp³-hybridized carbons (Fsp3) is 0.304. The van der Waals surface area contributed by atoms with Gasteiger partial charge < -0.3 is 44.5 Å². The number of methoxy groups -OCH3 is 1. The van der Waals surface area contributed by atoms with E-state index in [1.54, 1.807) is 12.1 Å². The second-order valence-electron chi connectivity index (χ2n) is 7.74. The first-order valence-corrected chi connectivity index (χ1v) is 10.2. The molecule has 11 heteroatoms. The highest BCUT2D eigenvalue weighted by Crippen LogP contribution is 2.49. The zero-order valence-electron chi connectivity index (χ0n) is 17.8. The number of ether oxygens (including phenoxy) is 4. The molecule has 0 amide bonds. The number of benzene rings is 2. The molecule has 0 saturated carbocycles. The van der Waals surface area contributed by atoms with Crippen LogP contribution in [0.5, 0.6) is 23.0 Å². The Morgan fingerprint density at radius 2 is 1.82 bits per heavy atom. The number of fused-ring (bicyclic) bond motifs is 3. The van der Waals surface area contributed by atoms with E-state index in [0.29, 0.717) is 5.56 Å². The highest BCUT2D eigenvalue weighted by Gasteiger charge is 2.52. The van der Waals surface area contributed by atoms with Crippen LogP contribution in [0.2, 0.25) is 0 Å². The van der Waals surface area contributed by atoms with E-state index < -0.39 is 60.6 Å². The van der Waals surface area contributed by atoms with Gasteiger partial charge in [0.1, 0.15) is 36.8 Å². The molecule has 180 valence electrons. The molecule has 0 unspecified atom stereocenters. The van der Waals surface area contributed by atoms with Crippen molar-refractivity contribution in [3.63, 3.8) is 0 Å². The second kappa shape index (κ2) is 9.21. The van der Waals surface area contributed by atoms with Gasteiger partial charge in [-0.1, -0.05) is 12.1 Å². The molecule has 0 radical (unpaired) electrons. The van der Waals surface area contributed by atoms with Gasteiger partial charge in [0.2, 0.25) is 5.75 Å². The molecule has 2 aliphatic rings. The number of hydrogen-bond acceptors (Lipinski definition) is 11. The zero-order chi connectivity index (χ0) is 24.6. The van der Waals surface area contributed by atoms with Gasteiger partial charge in [-0.05, 0) is 29.8 Å². The van der Waals surface area contributed by atoms with Crippen LogP contribution in [0.25, 0.3) is 6.08 Å². The molecular weight excluding hydrogens is 452 g/mol. The fourth-order valence-corrected chi connectivity index (χ4v) is 3.90. The lowest BCUT2D eigenvalue weighted by Crippen LogP contribution is -2.58. The van der Waals surface area contributed by atoms with Crippen LogP contribution in [0.15, 0.2) is 36.4 Å². The Hall–Kier alpha value is -3.80. The Kier molecular flexibility index (Phi) is 6.33. The monoisotopic (exact) mass is 474 g/mol. The number of aromatic hydroxyl groups is 3. The Bertz CT molecular complexity index is 1120. The first-order chi connectivity index (χ1) is 16.2. The van der Waals surface area contributed by atoms with Crippen molar-refractivity contribution < 1.29 is 54.1 Å². The summed E-state index contributed by atoms with van der Waals surface area (Å²) in [5.41, 5.74) is 0.342. The number of carbonyl (C=O) groups excluding carboxylic acids is 2. The van der Waals surface area contributed by atoms with Gasteiger partial charge in [-0.3, -0.25) is 0 Å². The SMILES string of the molecule is COc1c(O)cc2c(c1O)[C@@H]1O[C@H](COC(=O)/C=C/c3ccc(O)cc3)[C@@H](O)[C@H](O)[C@H]1OC2=O. The Labute approximate surface area is 193 Å². The lowest BCUT2D eigenvalue weighted by molar-refractivity contribution is -0.237. The van der Waals surface area contributed by atoms with Crippen molar-refractivity contribution in [3.8, 4) is 23.0 Å². The van der Waals surface area contributed by atoms with Crippen molar-refractivity contribution in [3.05, 3.63) is 53.1 Å². The molecule has 11 nitrogen and oxygen atoms in total. The summed E-state index contributed by atoms with van der Waals surface area (Å²) in [6.07, 6.45) is -4.44. The first-order valence-electron chi connectivity index (χ1n) is 10.2. The maximum atomic E-state index is 12.4. The van der Waals surface area contributed by atoms with Crippen molar-refractivity contribution in [1.82, 2.24) is 0 Å². The standard InChI is InChI=1S/C23H22O11/c1-31-20-13(25)8-12-16(18(20)28)21-22(34-23(12)30)19(29)17(27)14(33-21)9-32-15(26)7-4-10-2-5-11(24)6-3-10/h2-8,14,17,19,21-22,24-25,27-29H,9H2,1H3/b7-4+/t14-,17-,19+,21+,22-/m1/s1. The Balaban J connectivity index is 1.52. The van der Waals surface area contributed by atoms with Gasteiger partial charge in [0.05, 0.1) is 12.7 Å². The predicted molar refractivity (Wildman–Crippen MR) is 113 cm³/mol. The van der Waals surface area contributed by atoms with Crippen LogP contribution in [0.3, 0.4) is 0 Å². The van der Waals surface area contributed by atoms with Gasteiger partial charge in [-0.25, -0.2) is 9.59 Å². The molecule has 0 aliphatic carbocycles. The number of aliphatic hydroxyl groups is 2. The lowest BCUT2D eigenvalue weighted by atomic mass is 9.86. The average Bonchev–Trinajstić information content (AvgIpc) is 2.81. The number of rotatable bonds is 5. The highest BCUT2D eigenvalue weighted by molar-refractivity contribution is 5.95. The Morgan fingerprint density at radius 1 is 1.12 bits per heavy atom. The van der Waals surface area contributed by atoms with Gasteiger partial charge in [-0.15, -0.1) is 0 Å². The van der Waals surface area contributed by atoms with Crippen LogP contribution in [-0.4, -0.2) is 75.6 Å². The molecule has 34 heavy (non-hydrogen) atoms. The smallest absolute Gasteiger partial charge is 0.339 e. The average molecular weight is 474 g/mol. The topological polar surface area (TPSA) is 172 Å². The summed E-state index contributed by atoms with van der Waals surface area (Å²) in [6.45, 7) is -0.459. The number of aliphatic hydroxyl groups excluding tert-OH is 2. The van der Waals surface area contributed by atoms with Crippen LogP contribution in [0, 0.1) is 0 Å². The third-order valence-corrected chi connectivity index (χ3v) is 5.61. The molecule has 0 bridgehead atoms. The van der Waals surface area contributed by atoms with E-state index in [4.69, 9.17) is 18.9 Å². The molecule has 1 fully saturated rings. The fourth-order valence-electron chi connectivity index (χ4n) is 3.90. The molecular formula is C23H22O11. The summed E-state index contributed by atoms with van der Waals surface area (Å²) in [4.78, 5) is 24.5. The third-order valence-electron chi connectivity index (χ3n) is 5.61. The molecule has 1 saturated heterocycles. The minimum Gasteiger partial charge on any atom is -0.508 e. The number of phenols is 3. The normalized spacial score (nSPS) is 25.9. The molecule has 2 heterocycles. The molecule has 2 aromatic rings. The quantitative estimate of drug-likeness (QED) is 0.306. The van der Waals surface area contributed by atoms with Crippen molar-refractivity contribution in [2.45, 2.75) is 30.5 Å². The zero-order valence-corrected chi connectivity index (χ0v) is 17.8. The summed E-state index contributed by atoms with van der Waals surface area (Å²) >= 11 is 0. The van der Waals surface area contributed by atoms with Crippen LogP contribution in [0.1, 0.15) is 27.6 Å². The van der Waals surface area contributed by atoms with E-state index in [1.807, 2.05) is 0 Å². The molecule has 2 aliphatic heterocycles. The molecule has 5 N–H and O–H groups in total. The maximum absolute atomic E-state index is 12.4. The Morgan fingerprint density at radius 3 is 2.50 bits per heavy atom. The summed E-state index contributed by atoms with van der Waals surface area (Å²) in [7, 11) is 1.20. The molecule has 4 rings (SSSR count). The van der Waals surface area contributed by atoms with E-state index in [2.05, 4.69) is 0 Å². The number of esters is 2. The number of phenolic OH excluding ortho intramolecular Hbond substituents is 3. The number of hydrogen-bond donors (Lipinski definition) is 5. The van der Waals surface area contributed by atoms with Crippen LogP contribution >= 0.6 is 0 Å². The third kappa shape index (κ3) is 4.23. The first kappa shape index (κ1) is 23.4. The van der Waals surface area contributed by atoms with Gasteiger partial charge in [-0.2, -0.15) is 0 Å². The minimum atomic E-state index is -1.62. The second-order valence-corrected chi connectivity index (χ2v) is 7.74. The molecule has 2 aromatic carbocycles. The van der Waals surface area contributed by atoms with Crippen LogP contribution < -0.4 is 4.74 Å². The summed E-state index contributed by atoms with van der Waals surface area (Å²) < 4.78 is 21.1. The van der Waals surface area contributed by atoms with Crippen LogP contribution in [-0.2, 0) is 19.0 Å². The number of carbonyl (C=O) groups is 2. The van der Waals surface area contributed by atoms with E-state index in [1.165, 1.54) is 25.3 Å². The van der Waals surface area contributed by atoms with Crippen molar-refractivity contribution in [1.29, 1.82) is 0 Å². The molecule has 0 aromatic heterocycles. The van der Waals surface area contributed by atoms with Gasteiger partial charge in [0.15, 0.2) is 17.6 Å². The van der Waals surface area contributed by atoms with Crippen molar-refractivity contribution in [2.24, 2.45) is 0 Å². The summed E-state index contributed by atoms with van der Waals surface area (Å²) in [6, 6.07) is 7.12. The molecule has 5 atom stereocenters. The van der Waals surface area contributed by atoms with Gasteiger partial charge >= 0.3 is 11.9 Å². The minimum absolute atomic E-state index is 0.0776. The van der Waals surface area contributed by atoms with Gasteiger partial charge in [0.25, 0.3) is 0 Å². The van der Waals surface area contributed by atoms with Crippen molar-refractivity contribution >= 4 is 18.0 Å². The summed E-state index contributed by atoms with van der Waals surface area (Å²) in [5.74, 6) is -3.02. The van der Waals surface area contributed by atoms with E-state index in [-0.39, 0.29) is 22.6 Å². The summed E-state index contributed by atoms with van der Waals surface area (Å²) in [5, 5.41) is 50.9. The van der Waals surface area contributed by atoms with Crippen molar-refractivity contribution in [2.75, 3.05) is 13.7 Å². The van der Waals surface area contributed by atoms with E-state index in [9.17, 15) is 35.1 Å². The van der Waals surface area contributed by atoms with E-state index >= 15 is 0 Å². The lowest BCUT2D eigenvalue weighted by Gasteiger charge is -2.44. The maximum Gasteiger partial charge on any atom is 0.339 e. The predicted octanol–water partition coefficient (Wildman–Crippen LogP) is 0.769. The largest absolute Gasteiger partial charge is 0.508 e. The highest BCUT2D eigenvalue weighted by atomic mass is 16.6. The van der Waals surface area contributed by atoms with E-state index in [0.717, 1.165) is 12.1 Å².